The molecule has 3 heteroatoms. The Balaban J connectivity index is 2.58. The van der Waals surface area contributed by atoms with Crippen LogP contribution in [0.4, 0.5) is 0 Å². The first-order valence-electron chi connectivity index (χ1n) is 6.58. The lowest BCUT2D eigenvalue weighted by Gasteiger charge is -2.16. The second kappa shape index (κ2) is 8.30. The monoisotopic (exact) mass is 312 g/mol. The second-order valence-corrected chi connectivity index (χ2v) is 5.44. The molecule has 1 rings (SSSR count). The van der Waals surface area contributed by atoms with E-state index in [1.165, 1.54) is 19.3 Å². The van der Waals surface area contributed by atoms with Crippen molar-refractivity contribution in [3.8, 4) is 5.75 Å². The molecule has 0 spiro atoms. The minimum atomic E-state index is 0.577. The standard InChI is InChI=1S/C15H21BrO2/c1-3-5-6-12(4-2)11-18-15-8-7-14(16)9-13(15)10-17/h7-10,12H,3-6,11H2,1-2H3. The molecule has 0 aliphatic heterocycles. The van der Waals surface area contributed by atoms with E-state index < -0.39 is 0 Å². The summed E-state index contributed by atoms with van der Waals surface area (Å²) in [5, 5.41) is 0. The maximum Gasteiger partial charge on any atom is 0.153 e. The predicted octanol–water partition coefficient (Wildman–Crippen LogP) is 4.86. The molecule has 0 aliphatic rings. The number of halogens is 1. The zero-order chi connectivity index (χ0) is 13.4. The van der Waals surface area contributed by atoms with Gasteiger partial charge in [-0.25, -0.2) is 0 Å². The van der Waals surface area contributed by atoms with Crippen molar-refractivity contribution in [1.29, 1.82) is 0 Å². The average molecular weight is 313 g/mol. The summed E-state index contributed by atoms with van der Waals surface area (Å²) in [6, 6.07) is 5.53. The van der Waals surface area contributed by atoms with Crippen LogP contribution in [-0.4, -0.2) is 12.9 Å². The number of ether oxygens (including phenoxy) is 1. The number of aldehydes is 1. The molecule has 0 N–H and O–H groups in total. The van der Waals surface area contributed by atoms with Gasteiger partial charge < -0.3 is 4.74 Å². The number of rotatable bonds is 8. The topological polar surface area (TPSA) is 26.3 Å². The van der Waals surface area contributed by atoms with E-state index in [-0.39, 0.29) is 0 Å². The molecule has 100 valence electrons. The van der Waals surface area contributed by atoms with E-state index in [0.717, 1.165) is 17.2 Å². The Morgan fingerprint density at radius 3 is 2.78 bits per heavy atom. The van der Waals surface area contributed by atoms with Gasteiger partial charge in [0.25, 0.3) is 0 Å². The van der Waals surface area contributed by atoms with Gasteiger partial charge in [-0.15, -0.1) is 0 Å². The van der Waals surface area contributed by atoms with Crippen LogP contribution in [0.25, 0.3) is 0 Å². The third-order valence-corrected chi connectivity index (χ3v) is 3.61. The van der Waals surface area contributed by atoms with Gasteiger partial charge in [0.15, 0.2) is 6.29 Å². The first kappa shape index (κ1) is 15.2. The van der Waals surface area contributed by atoms with Gasteiger partial charge in [-0.2, -0.15) is 0 Å². The van der Waals surface area contributed by atoms with E-state index in [0.29, 0.717) is 23.8 Å². The minimum absolute atomic E-state index is 0.577. The van der Waals surface area contributed by atoms with E-state index in [9.17, 15) is 4.79 Å². The van der Waals surface area contributed by atoms with Crippen LogP contribution in [0.2, 0.25) is 0 Å². The highest BCUT2D eigenvalue weighted by Crippen LogP contribution is 2.23. The summed E-state index contributed by atoms with van der Waals surface area (Å²) in [6.07, 6.45) is 5.61. The molecule has 0 radical (unpaired) electrons. The highest BCUT2D eigenvalue weighted by molar-refractivity contribution is 9.10. The fourth-order valence-corrected chi connectivity index (χ4v) is 2.23. The van der Waals surface area contributed by atoms with Gasteiger partial charge in [0.1, 0.15) is 5.75 Å². The lowest BCUT2D eigenvalue weighted by molar-refractivity contribution is 0.111. The number of hydrogen-bond donors (Lipinski definition) is 0. The molecule has 1 aromatic rings. The molecule has 0 aromatic heterocycles. The third kappa shape index (κ3) is 4.81. The van der Waals surface area contributed by atoms with Gasteiger partial charge in [0.2, 0.25) is 0 Å². The molecule has 0 saturated heterocycles. The van der Waals surface area contributed by atoms with E-state index >= 15 is 0 Å². The summed E-state index contributed by atoms with van der Waals surface area (Å²) in [5.74, 6) is 1.26. The SMILES string of the molecule is CCCCC(CC)COc1ccc(Br)cc1C=O. The Kier molecular flexibility index (Phi) is 7.02. The van der Waals surface area contributed by atoms with Crippen molar-refractivity contribution < 1.29 is 9.53 Å². The van der Waals surface area contributed by atoms with Crippen LogP contribution in [-0.2, 0) is 0 Å². The molecule has 0 aliphatic carbocycles. The normalized spacial score (nSPS) is 12.2. The van der Waals surface area contributed by atoms with E-state index in [1.54, 1.807) is 6.07 Å². The molecule has 0 bridgehead atoms. The highest BCUT2D eigenvalue weighted by atomic mass is 79.9. The largest absolute Gasteiger partial charge is 0.493 e. The zero-order valence-electron chi connectivity index (χ0n) is 11.1. The molecule has 1 atom stereocenters. The average Bonchev–Trinajstić information content (AvgIpc) is 2.40. The van der Waals surface area contributed by atoms with Crippen molar-refractivity contribution in [1.82, 2.24) is 0 Å². The van der Waals surface area contributed by atoms with Crippen LogP contribution in [0.15, 0.2) is 22.7 Å². The molecule has 1 unspecified atom stereocenters. The number of carbonyl (C=O) groups is 1. The highest BCUT2D eigenvalue weighted by Gasteiger charge is 2.09. The van der Waals surface area contributed by atoms with Gasteiger partial charge in [0, 0.05) is 4.47 Å². The van der Waals surface area contributed by atoms with Crippen molar-refractivity contribution >= 4 is 22.2 Å². The van der Waals surface area contributed by atoms with E-state index in [2.05, 4.69) is 29.8 Å². The summed E-state index contributed by atoms with van der Waals surface area (Å²) in [5.41, 5.74) is 0.606. The van der Waals surface area contributed by atoms with Crippen molar-refractivity contribution in [3.05, 3.63) is 28.2 Å². The van der Waals surface area contributed by atoms with Gasteiger partial charge in [-0.1, -0.05) is 49.0 Å². The van der Waals surface area contributed by atoms with E-state index in [1.807, 2.05) is 12.1 Å². The molecule has 1 aromatic carbocycles. The molecule has 0 saturated carbocycles. The summed E-state index contributed by atoms with van der Waals surface area (Å²) in [4.78, 5) is 11.0. The summed E-state index contributed by atoms with van der Waals surface area (Å²) < 4.78 is 6.68. The van der Waals surface area contributed by atoms with Crippen molar-refractivity contribution in [2.24, 2.45) is 5.92 Å². The van der Waals surface area contributed by atoms with Crippen LogP contribution in [0.1, 0.15) is 49.9 Å². The molecule has 2 nitrogen and oxygen atoms in total. The van der Waals surface area contributed by atoms with Gasteiger partial charge in [-0.3, -0.25) is 4.79 Å². The van der Waals surface area contributed by atoms with Gasteiger partial charge in [0.05, 0.1) is 12.2 Å². The van der Waals surface area contributed by atoms with Gasteiger partial charge >= 0.3 is 0 Å². The Bertz CT molecular complexity index is 377. The molecule has 18 heavy (non-hydrogen) atoms. The van der Waals surface area contributed by atoms with Crippen LogP contribution in [0.3, 0.4) is 0 Å². The lowest BCUT2D eigenvalue weighted by atomic mass is 10.0. The summed E-state index contributed by atoms with van der Waals surface area (Å²) in [6.45, 7) is 5.08. The van der Waals surface area contributed by atoms with Crippen molar-refractivity contribution in [2.45, 2.75) is 39.5 Å². The number of unbranched alkanes of at least 4 members (excludes halogenated alkanes) is 1. The zero-order valence-corrected chi connectivity index (χ0v) is 12.7. The van der Waals surface area contributed by atoms with Crippen LogP contribution < -0.4 is 4.74 Å². The summed E-state index contributed by atoms with van der Waals surface area (Å²) in [7, 11) is 0. The van der Waals surface area contributed by atoms with Crippen LogP contribution in [0.5, 0.6) is 5.75 Å². The molecule has 0 heterocycles. The smallest absolute Gasteiger partial charge is 0.153 e. The number of carbonyl (C=O) groups excluding carboxylic acids is 1. The van der Waals surface area contributed by atoms with Crippen LogP contribution in [0, 0.1) is 5.92 Å². The summed E-state index contributed by atoms with van der Waals surface area (Å²) >= 11 is 3.35. The van der Waals surface area contributed by atoms with E-state index in [4.69, 9.17) is 4.74 Å². The Morgan fingerprint density at radius 1 is 1.39 bits per heavy atom. The van der Waals surface area contributed by atoms with Crippen molar-refractivity contribution in [2.75, 3.05) is 6.61 Å². The van der Waals surface area contributed by atoms with Gasteiger partial charge in [-0.05, 0) is 30.5 Å². The first-order valence-corrected chi connectivity index (χ1v) is 7.38. The number of hydrogen-bond acceptors (Lipinski definition) is 2. The Labute approximate surface area is 118 Å². The van der Waals surface area contributed by atoms with Crippen LogP contribution >= 0.6 is 15.9 Å². The molecule has 0 fully saturated rings. The number of benzene rings is 1. The first-order chi connectivity index (χ1) is 8.71. The minimum Gasteiger partial charge on any atom is -0.493 e. The lowest BCUT2D eigenvalue weighted by Crippen LogP contribution is -2.12. The fraction of sp³-hybridized carbons (Fsp3) is 0.533. The third-order valence-electron chi connectivity index (χ3n) is 3.12. The Morgan fingerprint density at radius 2 is 2.17 bits per heavy atom. The quantitative estimate of drug-likeness (QED) is 0.641. The Hall–Kier alpha value is -0.830. The molecule has 0 amide bonds. The maximum absolute atomic E-state index is 11.0. The molecular weight excluding hydrogens is 292 g/mol. The molecular formula is C15H21BrO2. The maximum atomic E-state index is 11.0. The fourth-order valence-electron chi connectivity index (χ4n) is 1.85. The van der Waals surface area contributed by atoms with Crippen molar-refractivity contribution in [3.63, 3.8) is 0 Å². The second-order valence-electron chi connectivity index (χ2n) is 4.53. The predicted molar refractivity (Wildman–Crippen MR) is 78.3 cm³/mol.